The van der Waals surface area contributed by atoms with Gasteiger partial charge in [-0.15, -0.1) is 46.2 Å². The van der Waals surface area contributed by atoms with Crippen LogP contribution in [-0.2, 0) is 35.1 Å². The molecule has 6 rings (SSSR count). The largest absolute Gasteiger partial charge is 1.00 e. The van der Waals surface area contributed by atoms with E-state index < -0.39 is 0 Å². The van der Waals surface area contributed by atoms with Gasteiger partial charge in [0, 0.05) is 10.0 Å². The average molecular weight is 852 g/mol. The molecule has 0 aromatic heterocycles. The molecule has 0 amide bonds. The fourth-order valence-corrected chi connectivity index (χ4v) is 6.80. The molecule has 0 saturated carbocycles. The monoisotopic (exact) mass is 848 g/mol. The van der Waals surface area contributed by atoms with Crippen molar-refractivity contribution in [1.29, 1.82) is 0 Å². The molecule has 0 aliphatic heterocycles. The van der Waals surface area contributed by atoms with Gasteiger partial charge in [-0.2, -0.15) is 6.08 Å². The Morgan fingerprint density at radius 3 is 1.19 bits per heavy atom. The summed E-state index contributed by atoms with van der Waals surface area (Å²) in [6, 6.07) is 28.3. The molecule has 1 aliphatic carbocycles. The minimum absolute atomic E-state index is 0. The van der Waals surface area contributed by atoms with E-state index in [1.807, 2.05) is 36.4 Å². The van der Waals surface area contributed by atoms with Crippen LogP contribution in [0.3, 0.4) is 0 Å². The standard InChI is InChI=1S/C33H31Cl2.C9H18.C5H5.2ClH.Zr/c1-32(2,3)30-18-26-22(16-28(30)20-7-11-24(34)12-8-20)15-23-17-29(21-9-13-25(35)14-10-21)31(19-27(23)26)33(4,5)6;1-8(2,3)7-9(4,5)6;1-2-4-5-3-1;;;/h7-19H,1-6H3;1-6H3;1-3H,4H2;2*1H;/q-1;;-1;;;+2/p-2. The third kappa shape index (κ3) is 11.8. The van der Waals surface area contributed by atoms with Gasteiger partial charge < -0.3 is 24.8 Å². The van der Waals surface area contributed by atoms with Gasteiger partial charge in [-0.05, 0) is 68.5 Å². The molecular weight excluding hydrogens is 798 g/mol. The maximum absolute atomic E-state index is 6.20. The van der Waals surface area contributed by atoms with Crippen LogP contribution in [0.15, 0.2) is 97.1 Å². The second-order valence-electron chi connectivity index (χ2n) is 17.5. The fraction of sp³-hybridized carbons (Fsp3) is 0.362. The van der Waals surface area contributed by atoms with Gasteiger partial charge >= 0.3 is 79.8 Å². The SMILES string of the molecule is CC(C)(C)[C](=[Zr+2])C(C)(C)C.CC(C)(C)c1cc2c(cc1-c1ccc(Cl)cc1)[cH-]c1cc(-c3ccc(Cl)cc3)c(C(C)(C)C)cc12.[C-]1=CC=CC1.[Cl-].[Cl-]. The summed E-state index contributed by atoms with van der Waals surface area (Å²) in [7, 11) is 0. The van der Waals surface area contributed by atoms with Gasteiger partial charge in [0.15, 0.2) is 0 Å². The summed E-state index contributed by atoms with van der Waals surface area (Å²) in [6.07, 6.45) is 10.0. The third-order valence-electron chi connectivity index (χ3n) is 8.99. The minimum atomic E-state index is 0. The summed E-state index contributed by atoms with van der Waals surface area (Å²) in [5, 5.41) is 6.69. The molecule has 52 heavy (non-hydrogen) atoms. The summed E-state index contributed by atoms with van der Waals surface area (Å²) in [6.45, 7) is 27.5. The van der Waals surface area contributed by atoms with E-state index in [1.54, 1.807) is 27.4 Å². The van der Waals surface area contributed by atoms with Crippen molar-refractivity contribution < 1.29 is 49.0 Å². The predicted octanol–water partition coefficient (Wildman–Crippen LogP) is 9.06. The Labute approximate surface area is 352 Å². The van der Waals surface area contributed by atoms with E-state index >= 15 is 0 Å². The van der Waals surface area contributed by atoms with Crippen LogP contribution in [0.4, 0.5) is 0 Å². The van der Waals surface area contributed by atoms with E-state index in [0.717, 1.165) is 16.5 Å². The van der Waals surface area contributed by atoms with Crippen LogP contribution in [0.5, 0.6) is 0 Å². The maximum Gasteiger partial charge on any atom is 0.0406 e. The summed E-state index contributed by atoms with van der Waals surface area (Å²) < 4.78 is 1.66. The molecule has 5 aromatic carbocycles. The smallest absolute Gasteiger partial charge is 0.0406 e. The molecule has 0 unspecified atom stereocenters. The first-order valence-electron chi connectivity index (χ1n) is 17.6. The molecule has 0 N–H and O–H groups in total. The van der Waals surface area contributed by atoms with Gasteiger partial charge in [-0.1, -0.05) is 101 Å². The number of benzene rings is 4. The molecule has 5 heteroatoms. The zero-order valence-corrected chi connectivity index (χ0v) is 38.4. The molecular formula is C47H54Cl4Zr-2. The van der Waals surface area contributed by atoms with E-state index in [-0.39, 0.29) is 35.6 Å². The average Bonchev–Trinajstić information content (AvgIpc) is 3.70. The van der Waals surface area contributed by atoms with E-state index in [0.29, 0.717) is 10.8 Å². The number of rotatable bonds is 2. The van der Waals surface area contributed by atoms with Crippen molar-refractivity contribution in [2.24, 2.45) is 10.8 Å². The van der Waals surface area contributed by atoms with Gasteiger partial charge in [-0.25, -0.2) is 12.2 Å². The van der Waals surface area contributed by atoms with Crippen molar-refractivity contribution in [2.75, 3.05) is 0 Å². The van der Waals surface area contributed by atoms with Crippen LogP contribution >= 0.6 is 23.2 Å². The molecule has 0 saturated heterocycles. The Balaban J connectivity index is 0.000000462. The van der Waals surface area contributed by atoms with Crippen molar-refractivity contribution >= 4 is 48.0 Å². The molecule has 0 heterocycles. The summed E-state index contributed by atoms with van der Waals surface area (Å²) in [5.41, 5.74) is 8.43. The number of halogens is 4. The van der Waals surface area contributed by atoms with Crippen molar-refractivity contribution in [2.45, 2.75) is 100 Å². The first-order chi connectivity index (χ1) is 23.1. The van der Waals surface area contributed by atoms with Crippen LogP contribution in [0.25, 0.3) is 43.8 Å². The van der Waals surface area contributed by atoms with Crippen LogP contribution in [0.1, 0.15) is 101 Å². The zero-order valence-electron chi connectivity index (χ0n) is 33.0. The Morgan fingerprint density at radius 2 is 0.962 bits per heavy atom. The Morgan fingerprint density at radius 1 is 0.596 bits per heavy atom. The van der Waals surface area contributed by atoms with Crippen molar-refractivity contribution in [1.82, 2.24) is 0 Å². The molecule has 0 nitrogen and oxygen atoms in total. The second-order valence-corrected chi connectivity index (χ2v) is 19.6. The molecule has 0 fully saturated rings. The Hall–Kier alpha value is -1.86. The second kappa shape index (κ2) is 18.2. The molecule has 0 spiro atoms. The van der Waals surface area contributed by atoms with Gasteiger partial charge in [0.05, 0.1) is 0 Å². The zero-order chi connectivity index (χ0) is 37.2. The normalized spacial score (nSPS) is 12.8. The van der Waals surface area contributed by atoms with E-state index in [1.165, 1.54) is 54.9 Å². The summed E-state index contributed by atoms with van der Waals surface area (Å²) >= 11 is 14.0. The summed E-state index contributed by atoms with van der Waals surface area (Å²) in [5.74, 6) is 0. The molecule has 0 atom stereocenters. The van der Waals surface area contributed by atoms with Crippen LogP contribution in [0.2, 0.25) is 10.0 Å². The van der Waals surface area contributed by atoms with E-state index in [4.69, 9.17) is 23.2 Å². The molecule has 5 aromatic rings. The predicted molar refractivity (Wildman–Crippen MR) is 221 cm³/mol. The number of hydrogen-bond acceptors (Lipinski definition) is 0. The number of allylic oxidation sites excluding steroid dienone is 4. The third-order valence-corrected chi connectivity index (χ3v) is 13.2. The number of hydrogen-bond donors (Lipinski definition) is 0. The van der Waals surface area contributed by atoms with E-state index in [9.17, 15) is 0 Å². The Kier molecular flexibility index (Phi) is 16.2. The maximum atomic E-state index is 6.20. The van der Waals surface area contributed by atoms with Gasteiger partial charge in [0.2, 0.25) is 0 Å². The first-order valence-corrected chi connectivity index (χ1v) is 19.6. The molecule has 0 radical (unpaired) electrons. The fourth-order valence-electron chi connectivity index (χ4n) is 6.55. The van der Waals surface area contributed by atoms with Crippen LogP contribution < -0.4 is 24.8 Å². The van der Waals surface area contributed by atoms with Crippen molar-refractivity contribution in [3.05, 3.63) is 124 Å². The number of fused-ring (bicyclic) bond motifs is 3. The summed E-state index contributed by atoms with van der Waals surface area (Å²) in [4.78, 5) is 0. The minimum Gasteiger partial charge on any atom is -1.00 e. The molecule has 1 aliphatic rings. The Bertz CT molecular complexity index is 1870. The van der Waals surface area contributed by atoms with Gasteiger partial charge in [-0.3, -0.25) is 6.08 Å². The first kappa shape index (κ1) is 46.3. The van der Waals surface area contributed by atoms with Gasteiger partial charge in [0.25, 0.3) is 0 Å². The van der Waals surface area contributed by atoms with Crippen LogP contribution in [0, 0.1) is 16.9 Å². The quantitative estimate of drug-likeness (QED) is 0.156. The topological polar surface area (TPSA) is 0 Å². The van der Waals surface area contributed by atoms with E-state index in [2.05, 4.69) is 150 Å². The van der Waals surface area contributed by atoms with Gasteiger partial charge in [0.1, 0.15) is 0 Å². The van der Waals surface area contributed by atoms with Crippen molar-refractivity contribution in [3.8, 4) is 22.3 Å². The van der Waals surface area contributed by atoms with Crippen LogP contribution in [-0.4, -0.2) is 3.21 Å². The molecule has 276 valence electrons. The van der Waals surface area contributed by atoms with Crippen molar-refractivity contribution in [3.63, 3.8) is 0 Å². The molecule has 0 bridgehead atoms.